The van der Waals surface area contributed by atoms with Crippen molar-refractivity contribution in [2.45, 2.75) is 51.7 Å². The fourth-order valence-electron chi connectivity index (χ4n) is 2.46. The zero-order chi connectivity index (χ0) is 19.6. The Kier molecular flexibility index (Phi) is 8.39. The van der Waals surface area contributed by atoms with Crippen molar-refractivity contribution in [1.82, 2.24) is 5.16 Å². The van der Waals surface area contributed by atoms with Crippen LogP contribution >= 0.6 is 11.8 Å². The Morgan fingerprint density at radius 1 is 1.19 bits per heavy atom. The minimum atomic E-state index is -0.381. The maximum atomic E-state index is 12.1. The molecule has 0 bridgehead atoms. The summed E-state index contributed by atoms with van der Waals surface area (Å²) >= 11 is 1.27. The van der Waals surface area contributed by atoms with Gasteiger partial charge >= 0.3 is 0 Å². The third kappa shape index (κ3) is 7.46. The van der Waals surface area contributed by atoms with Crippen LogP contribution < -0.4 is 10.6 Å². The number of aromatic nitrogens is 1. The lowest BCUT2D eigenvalue weighted by atomic mass is 10.1. The summed E-state index contributed by atoms with van der Waals surface area (Å²) in [5, 5.41) is 8.87. The highest BCUT2D eigenvalue weighted by atomic mass is 32.2. The maximum absolute atomic E-state index is 12.1. The second-order valence-electron chi connectivity index (χ2n) is 6.47. The van der Waals surface area contributed by atoms with Crippen molar-refractivity contribution in [2.75, 3.05) is 16.4 Å². The Bertz CT molecular complexity index is 743. The van der Waals surface area contributed by atoms with Crippen LogP contribution in [0.5, 0.6) is 0 Å². The number of nitrogens with one attached hydrogen (secondary N) is 2. The SMILES string of the molecule is CCCCCc1ccc(NC(=O)CSC(C)C(=O)Nc2cc(C)on2)cc1. The zero-order valence-corrected chi connectivity index (χ0v) is 16.9. The number of carbonyl (C=O) groups is 2. The lowest BCUT2D eigenvalue weighted by Gasteiger charge is -2.11. The van der Waals surface area contributed by atoms with E-state index in [0.29, 0.717) is 11.6 Å². The van der Waals surface area contributed by atoms with Crippen molar-refractivity contribution in [3.63, 3.8) is 0 Å². The summed E-state index contributed by atoms with van der Waals surface area (Å²) < 4.78 is 4.91. The summed E-state index contributed by atoms with van der Waals surface area (Å²) in [5.74, 6) is 0.869. The second-order valence-corrected chi connectivity index (χ2v) is 7.80. The van der Waals surface area contributed by atoms with Crippen LogP contribution in [0.3, 0.4) is 0 Å². The third-order valence-electron chi connectivity index (χ3n) is 4.02. The number of aryl methyl sites for hydroxylation is 2. The van der Waals surface area contributed by atoms with Crippen molar-refractivity contribution in [3.05, 3.63) is 41.7 Å². The number of benzene rings is 1. The predicted octanol–water partition coefficient (Wildman–Crippen LogP) is 4.41. The molecule has 0 saturated heterocycles. The minimum absolute atomic E-state index is 0.129. The van der Waals surface area contributed by atoms with Crippen LogP contribution in [0.25, 0.3) is 0 Å². The molecule has 6 nitrogen and oxygen atoms in total. The lowest BCUT2D eigenvalue weighted by molar-refractivity contribution is -0.115. The average Bonchev–Trinajstić information content (AvgIpc) is 3.06. The number of amides is 2. The van der Waals surface area contributed by atoms with Gasteiger partial charge in [0.05, 0.1) is 11.0 Å². The van der Waals surface area contributed by atoms with E-state index >= 15 is 0 Å². The maximum Gasteiger partial charge on any atom is 0.238 e. The van der Waals surface area contributed by atoms with Crippen molar-refractivity contribution in [3.8, 4) is 0 Å². The second kappa shape index (κ2) is 10.8. The molecule has 2 rings (SSSR count). The van der Waals surface area contributed by atoms with Gasteiger partial charge in [-0.1, -0.05) is 37.1 Å². The minimum Gasteiger partial charge on any atom is -0.360 e. The monoisotopic (exact) mass is 389 g/mol. The Balaban J connectivity index is 1.72. The van der Waals surface area contributed by atoms with E-state index in [1.54, 1.807) is 19.9 Å². The van der Waals surface area contributed by atoms with Crippen LogP contribution in [0.4, 0.5) is 11.5 Å². The molecule has 2 N–H and O–H groups in total. The molecular weight excluding hydrogens is 362 g/mol. The molecule has 1 heterocycles. The van der Waals surface area contributed by atoms with E-state index in [1.807, 2.05) is 24.3 Å². The molecule has 1 aromatic heterocycles. The number of rotatable bonds is 10. The molecule has 2 amide bonds. The molecule has 0 spiro atoms. The van der Waals surface area contributed by atoms with E-state index in [9.17, 15) is 9.59 Å². The molecule has 0 radical (unpaired) electrons. The quantitative estimate of drug-likeness (QED) is 0.588. The lowest BCUT2D eigenvalue weighted by Crippen LogP contribution is -2.25. The van der Waals surface area contributed by atoms with Crippen LogP contribution in [-0.2, 0) is 16.0 Å². The van der Waals surface area contributed by atoms with E-state index in [0.717, 1.165) is 12.1 Å². The van der Waals surface area contributed by atoms with Gasteiger partial charge in [-0.05, 0) is 44.4 Å². The van der Waals surface area contributed by atoms with Crippen molar-refractivity contribution < 1.29 is 14.1 Å². The Labute approximate surface area is 164 Å². The number of nitrogens with zero attached hydrogens (tertiary/aromatic N) is 1. The molecule has 7 heteroatoms. The van der Waals surface area contributed by atoms with Crippen molar-refractivity contribution in [2.24, 2.45) is 0 Å². The first-order chi connectivity index (χ1) is 13.0. The molecule has 0 aliphatic rings. The zero-order valence-electron chi connectivity index (χ0n) is 16.1. The normalized spacial score (nSPS) is 11.8. The van der Waals surface area contributed by atoms with Gasteiger partial charge in [0.15, 0.2) is 5.82 Å². The summed E-state index contributed by atoms with van der Waals surface area (Å²) in [4.78, 5) is 24.2. The average molecular weight is 390 g/mol. The van der Waals surface area contributed by atoms with Crippen LogP contribution in [0.15, 0.2) is 34.9 Å². The van der Waals surface area contributed by atoms with Crippen LogP contribution in [-0.4, -0.2) is 28.0 Å². The first-order valence-electron chi connectivity index (χ1n) is 9.22. The number of hydrogen-bond donors (Lipinski definition) is 2. The summed E-state index contributed by atoms with van der Waals surface area (Å²) in [5.41, 5.74) is 2.05. The molecule has 0 saturated carbocycles. The van der Waals surface area contributed by atoms with Crippen LogP contribution in [0.2, 0.25) is 0 Å². The largest absolute Gasteiger partial charge is 0.360 e. The Hall–Kier alpha value is -2.28. The third-order valence-corrected chi connectivity index (χ3v) is 5.16. The molecule has 0 aliphatic carbocycles. The molecule has 1 atom stereocenters. The van der Waals surface area contributed by atoms with E-state index < -0.39 is 0 Å². The topological polar surface area (TPSA) is 84.2 Å². The predicted molar refractivity (Wildman–Crippen MR) is 110 cm³/mol. The van der Waals surface area contributed by atoms with Crippen molar-refractivity contribution >= 4 is 35.1 Å². The number of thioether (sulfide) groups is 1. The summed E-state index contributed by atoms with van der Waals surface area (Å²) in [7, 11) is 0. The number of carbonyl (C=O) groups excluding carboxylic acids is 2. The van der Waals surface area contributed by atoms with Gasteiger partial charge < -0.3 is 15.2 Å². The molecular formula is C20H27N3O3S. The summed E-state index contributed by atoms with van der Waals surface area (Å²) in [6.07, 6.45) is 4.69. The molecule has 0 aliphatic heterocycles. The van der Waals surface area contributed by atoms with Gasteiger partial charge in [0.2, 0.25) is 11.8 Å². The van der Waals surface area contributed by atoms with E-state index in [-0.39, 0.29) is 22.8 Å². The number of anilines is 2. The highest BCUT2D eigenvalue weighted by Crippen LogP contribution is 2.16. The van der Waals surface area contributed by atoms with Gasteiger partial charge in [-0.2, -0.15) is 0 Å². The summed E-state index contributed by atoms with van der Waals surface area (Å²) in [6, 6.07) is 9.59. The fraction of sp³-hybridized carbons (Fsp3) is 0.450. The molecule has 27 heavy (non-hydrogen) atoms. The Morgan fingerprint density at radius 3 is 2.56 bits per heavy atom. The van der Waals surface area contributed by atoms with Gasteiger partial charge in [0, 0.05) is 11.8 Å². The van der Waals surface area contributed by atoms with Gasteiger partial charge in [-0.25, -0.2) is 0 Å². The highest BCUT2D eigenvalue weighted by Gasteiger charge is 2.16. The molecule has 1 aromatic carbocycles. The molecule has 146 valence electrons. The summed E-state index contributed by atoms with van der Waals surface area (Å²) in [6.45, 7) is 5.70. The fourth-order valence-corrected chi connectivity index (χ4v) is 3.14. The molecule has 2 aromatic rings. The van der Waals surface area contributed by atoms with Crippen molar-refractivity contribution in [1.29, 1.82) is 0 Å². The smallest absolute Gasteiger partial charge is 0.238 e. The van der Waals surface area contributed by atoms with E-state index in [2.05, 4.69) is 22.7 Å². The van der Waals surface area contributed by atoms with Gasteiger partial charge in [-0.15, -0.1) is 11.8 Å². The van der Waals surface area contributed by atoms with E-state index in [4.69, 9.17) is 4.52 Å². The number of hydrogen-bond acceptors (Lipinski definition) is 5. The first-order valence-corrected chi connectivity index (χ1v) is 10.3. The van der Waals surface area contributed by atoms with Gasteiger partial charge in [0.1, 0.15) is 5.76 Å². The van der Waals surface area contributed by atoms with Crippen LogP contribution in [0.1, 0.15) is 44.4 Å². The van der Waals surface area contributed by atoms with Gasteiger partial charge in [-0.3, -0.25) is 9.59 Å². The highest BCUT2D eigenvalue weighted by molar-refractivity contribution is 8.01. The standard InChI is InChI=1S/C20H27N3O3S/c1-4-5-6-7-16-8-10-17(11-9-16)21-19(24)13-27-15(3)20(25)22-18-12-14(2)26-23-18/h8-12,15H,4-7,13H2,1-3H3,(H,21,24)(H,22,23,25). The Morgan fingerprint density at radius 2 is 1.93 bits per heavy atom. The number of unbranched alkanes of at least 4 members (excludes halogenated alkanes) is 2. The van der Waals surface area contributed by atoms with Gasteiger partial charge in [0.25, 0.3) is 0 Å². The molecule has 1 unspecified atom stereocenters. The van der Waals surface area contributed by atoms with Crippen LogP contribution in [0, 0.1) is 6.92 Å². The van der Waals surface area contributed by atoms with E-state index in [1.165, 1.54) is 36.6 Å². The first kappa shape index (κ1) is 21.0. The molecule has 0 fully saturated rings.